The summed E-state index contributed by atoms with van der Waals surface area (Å²) in [6.07, 6.45) is 1.02. The van der Waals surface area contributed by atoms with Crippen molar-refractivity contribution < 1.29 is 14.3 Å². The molecule has 0 bridgehead atoms. The fourth-order valence-corrected chi connectivity index (χ4v) is 1.86. The smallest absolute Gasteiger partial charge is 0.325 e. The molecule has 2 rings (SSSR count). The zero-order chi connectivity index (χ0) is 16.8. The number of carbonyl (C=O) groups is 2. The number of aromatic nitrogens is 2. The summed E-state index contributed by atoms with van der Waals surface area (Å²) < 4.78 is 5.00. The molecule has 1 aromatic heterocycles. The lowest BCUT2D eigenvalue weighted by Gasteiger charge is -2.04. The third-order valence-electron chi connectivity index (χ3n) is 3.08. The maximum Gasteiger partial charge on any atom is 0.325 e. The minimum atomic E-state index is -0.705. The minimum absolute atomic E-state index is 0.000575. The molecule has 3 N–H and O–H groups in total. The van der Waals surface area contributed by atoms with Gasteiger partial charge >= 0.3 is 5.69 Å². The third-order valence-corrected chi connectivity index (χ3v) is 3.08. The van der Waals surface area contributed by atoms with Gasteiger partial charge in [0.15, 0.2) is 5.78 Å². The second-order valence-corrected chi connectivity index (χ2v) is 4.69. The number of ether oxygens (including phenoxy) is 1. The summed E-state index contributed by atoms with van der Waals surface area (Å²) in [7, 11) is 1.53. The number of methoxy groups -OCH3 is 1. The van der Waals surface area contributed by atoms with Gasteiger partial charge in [0.05, 0.1) is 7.11 Å². The Bertz CT molecular complexity index is 820. The minimum Gasteiger partial charge on any atom is -0.497 e. The van der Waals surface area contributed by atoms with Crippen LogP contribution in [0.2, 0.25) is 0 Å². The van der Waals surface area contributed by atoms with Gasteiger partial charge < -0.3 is 15.0 Å². The van der Waals surface area contributed by atoms with Gasteiger partial charge in [-0.25, -0.2) is 4.79 Å². The van der Waals surface area contributed by atoms with E-state index in [-0.39, 0.29) is 24.3 Å². The Morgan fingerprint density at radius 3 is 2.43 bits per heavy atom. The molecule has 8 heteroatoms. The standard InChI is InChI=1S/C15H15N3O5/c1-23-10-4-2-9(3-5-10)12(19)6-7-13(20)17-11-8-16-15(22)18-14(11)21/h2-5,8H,6-7H2,1H3,(H,17,20)(H2,16,18,21,22). The third kappa shape index (κ3) is 4.40. The Morgan fingerprint density at radius 1 is 1.13 bits per heavy atom. The van der Waals surface area contributed by atoms with Crippen LogP contribution in [0.15, 0.2) is 40.1 Å². The summed E-state index contributed by atoms with van der Waals surface area (Å²) in [5.74, 6) is -0.0563. The highest BCUT2D eigenvalue weighted by atomic mass is 16.5. The molecule has 1 aromatic carbocycles. The number of Topliss-reactive ketones (excluding diaryl/α,β-unsaturated/α-hetero) is 1. The Balaban J connectivity index is 1.91. The molecule has 0 fully saturated rings. The van der Waals surface area contributed by atoms with Gasteiger partial charge in [-0.15, -0.1) is 0 Å². The largest absolute Gasteiger partial charge is 0.497 e. The van der Waals surface area contributed by atoms with Crippen LogP contribution in [0, 0.1) is 0 Å². The van der Waals surface area contributed by atoms with E-state index < -0.39 is 17.2 Å². The first kappa shape index (κ1) is 16.2. The second kappa shape index (κ2) is 7.21. The number of H-pyrrole nitrogens is 2. The molecule has 8 nitrogen and oxygen atoms in total. The Labute approximate surface area is 130 Å². The van der Waals surface area contributed by atoms with E-state index in [1.54, 1.807) is 24.3 Å². The van der Waals surface area contributed by atoms with Crippen molar-refractivity contribution >= 4 is 17.4 Å². The van der Waals surface area contributed by atoms with Crippen LogP contribution >= 0.6 is 0 Å². The molecule has 0 atom stereocenters. The normalized spacial score (nSPS) is 10.1. The van der Waals surface area contributed by atoms with Gasteiger partial charge in [-0.05, 0) is 24.3 Å². The SMILES string of the molecule is COc1ccc(C(=O)CCC(=O)Nc2c[nH]c(=O)[nH]c2=O)cc1. The van der Waals surface area contributed by atoms with Crippen molar-refractivity contribution in [3.05, 3.63) is 56.9 Å². The van der Waals surface area contributed by atoms with E-state index in [9.17, 15) is 19.2 Å². The first-order chi connectivity index (χ1) is 11.0. The molecule has 0 aliphatic heterocycles. The highest BCUT2D eigenvalue weighted by Crippen LogP contribution is 2.13. The van der Waals surface area contributed by atoms with Crippen LogP contribution in [0.5, 0.6) is 5.75 Å². The topological polar surface area (TPSA) is 121 Å². The van der Waals surface area contributed by atoms with E-state index >= 15 is 0 Å². The summed E-state index contributed by atoms with van der Waals surface area (Å²) in [5, 5.41) is 2.34. The number of hydrogen-bond acceptors (Lipinski definition) is 5. The van der Waals surface area contributed by atoms with Gasteiger partial charge in [0, 0.05) is 24.6 Å². The summed E-state index contributed by atoms with van der Waals surface area (Å²) in [6, 6.07) is 6.55. The summed E-state index contributed by atoms with van der Waals surface area (Å²) in [4.78, 5) is 50.3. The van der Waals surface area contributed by atoms with Crippen LogP contribution in [-0.2, 0) is 4.79 Å². The number of hydrogen-bond donors (Lipinski definition) is 3. The molecule has 1 heterocycles. The molecule has 0 unspecified atom stereocenters. The lowest BCUT2D eigenvalue weighted by atomic mass is 10.1. The number of ketones is 1. The number of amides is 1. The van der Waals surface area contributed by atoms with E-state index in [2.05, 4.69) is 10.3 Å². The number of nitrogens with one attached hydrogen (secondary N) is 3. The molecule has 2 aromatic rings. The Morgan fingerprint density at radius 2 is 1.83 bits per heavy atom. The fourth-order valence-electron chi connectivity index (χ4n) is 1.86. The van der Waals surface area contributed by atoms with Crippen molar-refractivity contribution in [1.29, 1.82) is 0 Å². The zero-order valence-electron chi connectivity index (χ0n) is 12.3. The van der Waals surface area contributed by atoms with E-state index in [0.29, 0.717) is 11.3 Å². The van der Waals surface area contributed by atoms with Crippen molar-refractivity contribution in [3.8, 4) is 5.75 Å². The average Bonchev–Trinajstić information content (AvgIpc) is 2.55. The second-order valence-electron chi connectivity index (χ2n) is 4.69. The predicted molar refractivity (Wildman–Crippen MR) is 82.9 cm³/mol. The first-order valence-electron chi connectivity index (χ1n) is 6.78. The van der Waals surface area contributed by atoms with Gasteiger partial charge in [-0.3, -0.25) is 19.4 Å². The van der Waals surface area contributed by atoms with Crippen LogP contribution in [0.25, 0.3) is 0 Å². The summed E-state index contributed by atoms with van der Waals surface area (Å²) in [6.45, 7) is 0. The van der Waals surface area contributed by atoms with Crippen molar-refractivity contribution in [3.63, 3.8) is 0 Å². The van der Waals surface area contributed by atoms with Crippen LogP contribution in [0.4, 0.5) is 5.69 Å². The van der Waals surface area contributed by atoms with Crippen molar-refractivity contribution in [2.75, 3.05) is 12.4 Å². The van der Waals surface area contributed by atoms with Gasteiger partial charge in [0.25, 0.3) is 5.56 Å². The van der Waals surface area contributed by atoms with Crippen molar-refractivity contribution in [1.82, 2.24) is 9.97 Å². The molecule has 1 amide bonds. The lowest BCUT2D eigenvalue weighted by molar-refractivity contribution is -0.116. The molecule has 0 spiro atoms. The zero-order valence-corrected chi connectivity index (χ0v) is 12.3. The number of benzene rings is 1. The molecule has 0 saturated carbocycles. The number of carbonyl (C=O) groups excluding carboxylic acids is 2. The van der Waals surface area contributed by atoms with Gasteiger partial charge in [-0.1, -0.05) is 0 Å². The summed E-state index contributed by atoms with van der Waals surface area (Å²) in [5.41, 5.74) is -0.974. The number of aromatic amines is 2. The number of anilines is 1. The molecule has 0 aliphatic rings. The van der Waals surface area contributed by atoms with Gasteiger partial charge in [0.1, 0.15) is 11.4 Å². The lowest BCUT2D eigenvalue weighted by Crippen LogP contribution is -2.26. The molecule has 120 valence electrons. The van der Waals surface area contributed by atoms with Crippen LogP contribution in [0.3, 0.4) is 0 Å². The monoisotopic (exact) mass is 317 g/mol. The van der Waals surface area contributed by atoms with Crippen LogP contribution < -0.4 is 21.3 Å². The molecule has 0 aliphatic carbocycles. The maximum absolute atomic E-state index is 12.0. The molecule has 0 radical (unpaired) electrons. The maximum atomic E-state index is 12.0. The highest BCUT2D eigenvalue weighted by Gasteiger charge is 2.11. The number of rotatable bonds is 6. The van der Waals surface area contributed by atoms with Gasteiger partial charge in [-0.2, -0.15) is 0 Å². The van der Waals surface area contributed by atoms with Crippen molar-refractivity contribution in [2.24, 2.45) is 0 Å². The molecular formula is C15H15N3O5. The van der Waals surface area contributed by atoms with Gasteiger partial charge in [0.2, 0.25) is 5.91 Å². The van der Waals surface area contributed by atoms with Crippen molar-refractivity contribution in [2.45, 2.75) is 12.8 Å². The fraction of sp³-hybridized carbons (Fsp3) is 0.200. The first-order valence-corrected chi connectivity index (χ1v) is 6.78. The summed E-state index contributed by atoms with van der Waals surface area (Å²) >= 11 is 0. The quantitative estimate of drug-likeness (QED) is 0.676. The van der Waals surface area contributed by atoms with E-state index in [1.165, 1.54) is 7.11 Å². The van der Waals surface area contributed by atoms with Crippen LogP contribution in [-0.4, -0.2) is 28.8 Å². The Hall–Kier alpha value is -3.16. The molecular weight excluding hydrogens is 302 g/mol. The van der Waals surface area contributed by atoms with E-state index in [1.807, 2.05) is 4.98 Å². The Kier molecular flexibility index (Phi) is 5.08. The molecule has 0 saturated heterocycles. The van der Waals surface area contributed by atoms with Crippen LogP contribution in [0.1, 0.15) is 23.2 Å². The highest BCUT2D eigenvalue weighted by molar-refractivity contribution is 5.99. The molecule has 23 heavy (non-hydrogen) atoms. The average molecular weight is 317 g/mol. The van der Waals surface area contributed by atoms with E-state index in [4.69, 9.17) is 4.74 Å². The predicted octanol–water partition coefficient (Wildman–Crippen LogP) is 0.673. The van der Waals surface area contributed by atoms with E-state index in [0.717, 1.165) is 6.20 Å².